The molecular weight excluding hydrogens is 306 g/mol. The number of aliphatic carboxylic acids is 1. The number of carboxylic acid groups (broad SMARTS) is 1. The molecule has 0 spiro atoms. The maximum Gasteiger partial charge on any atom is 0.347 e. The molecular formula is C19H25NO4. The van der Waals surface area contributed by atoms with Gasteiger partial charge in [0.25, 0.3) is 0 Å². The molecule has 0 saturated carbocycles. The highest BCUT2D eigenvalue weighted by Crippen LogP contribution is 2.27. The van der Waals surface area contributed by atoms with Gasteiger partial charge in [0.2, 0.25) is 5.60 Å². The first kappa shape index (κ1) is 18.1. The number of carboxylic acids is 1. The van der Waals surface area contributed by atoms with Crippen LogP contribution in [0.5, 0.6) is 5.75 Å². The van der Waals surface area contributed by atoms with E-state index in [-0.39, 0.29) is 0 Å². The topological polar surface area (TPSA) is 71.7 Å². The first-order valence-corrected chi connectivity index (χ1v) is 8.19. The second-order valence-corrected chi connectivity index (χ2v) is 6.17. The third-order valence-electron chi connectivity index (χ3n) is 3.96. The van der Waals surface area contributed by atoms with Crippen LogP contribution in [0.1, 0.15) is 43.6 Å². The molecule has 5 heteroatoms. The van der Waals surface area contributed by atoms with Crippen molar-refractivity contribution in [3.8, 4) is 5.75 Å². The Balaban J connectivity index is 1.99. The lowest BCUT2D eigenvalue weighted by Crippen LogP contribution is -2.41. The van der Waals surface area contributed by atoms with E-state index in [2.05, 4.69) is 5.32 Å². The summed E-state index contributed by atoms with van der Waals surface area (Å²) in [5.41, 5.74) is 0.841. The average Bonchev–Trinajstić information content (AvgIpc) is 3.03. The molecule has 1 aromatic carbocycles. The lowest BCUT2D eigenvalue weighted by Gasteiger charge is -2.27. The van der Waals surface area contributed by atoms with Gasteiger partial charge in [0.15, 0.2) is 0 Å². The van der Waals surface area contributed by atoms with E-state index in [1.165, 1.54) is 0 Å². The average molecular weight is 331 g/mol. The molecule has 0 saturated heterocycles. The molecule has 5 nitrogen and oxygen atoms in total. The Morgan fingerprint density at radius 2 is 2.12 bits per heavy atom. The van der Waals surface area contributed by atoms with Gasteiger partial charge in [-0.1, -0.05) is 25.5 Å². The van der Waals surface area contributed by atoms with E-state index in [1.54, 1.807) is 13.2 Å². The predicted octanol–water partition coefficient (Wildman–Crippen LogP) is 3.90. The Morgan fingerprint density at radius 3 is 2.71 bits per heavy atom. The Labute approximate surface area is 142 Å². The zero-order valence-electron chi connectivity index (χ0n) is 14.5. The van der Waals surface area contributed by atoms with Gasteiger partial charge in [-0.05, 0) is 49.6 Å². The highest BCUT2D eigenvalue weighted by molar-refractivity contribution is 5.77. The van der Waals surface area contributed by atoms with Crippen LogP contribution >= 0.6 is 0 Å². The minimum atomic E-state index is -1.20. The largest absolute Gasteiger partial charge is 0.478 e. The molecule has 1 aromatic heterocycles. The first-order chi connectivity index (χ1) is 11.4. The van der Waals surface area contributed by atoms with Crippen molar-refractivity contribution >= 4 is 5.97 Å². The Morgan fingerprint density at radius 1 is 1.33 bits per heavy atom. The highest BCUT2D eigenvalue weighted by Gasteiger charge is 2.34. The minimum absolute atomic E-state index is 0.466. The first-order valence-electron chi connectivity index (χ1n) is 8.19. The Bertz CT molecular complexity index is 666. The number of ether oxygens (including phenoxy) is 1. The summed E-state index contributed by atoms with van der Waals surface area (Å²) in [6.07, 6.45) is 2.87. The molecule has 1 atom stereocenters. The van der Waals surface area contributed by atoms with Gasteiger partial charge in [0, 0.05) is 6.54 Å². The van der Waals surface area contributed by atoms with Crippen LogP contribution in [0.4, 0.5) is 0 Å². The van der Waals surface area contributed by atoms with Gasteiger partial charge >= 0.3 is 5.97 Å². The number of benzene rings is 1. The van der Waals surface area contributed by atoms with E-state index in [9.17, 15) is 9.90 Å². The van der Waals surface area contributed by atoms with Crippen LogP contribution in [0.25, 0.3) is 0 Å². The van der Waals surface area contributed by atoms with Crippen LogP contribution in [-0.2, 0) is 17.9 Å². The molecule has 24 heavy (non-hydrogen) atoms. The third kappa shape index (κ3) is 4.61. The second kappa shape index (κ2) is 8.02. The highest BCUT2D eigenvalue weighted by atomic mass is 16.5. The number of hydrogen-bond donors (Lipinski definition) is 2. The zero-order chi connectivity index (χ0) is 17.6. The number of carbonyl (C=O) groups is 1. The van der Waals surface area contributed by atoms with Gasteiger partial charge in [-0.2, -0.15) is 0 Å². The van der Waals surface area contributed by atoms with Crippen molar-refractivity contribution < 1.29 is 19.1 Å². The summed E-state index contributed by atoms with van der Waals surface area (Å²) < 4.78 is 11.1. The van der Waals surface area contributed by atoms with Gasteiger partial charge in [-0.25, -0.2) is 4.79 Å². The molecule has 2 rings (SSSR count). The summed E-state index contributed by atoms with van der Waals surface area (Å²) in [7, 11) is 0. The maximum atomic E-state index is 11.5. The van der Waals surface area contributed by atoms with Gasteiger partial charge in [-0.15, -0.1) is 0 Å². The summed E-state index contributed by atoms with van der Waals surface area (Å²) >= 11 is 0. The van der Waals surface area contributed by atoms with Crippen LogP contribution in [0.2, 0.25) is 0 Å². The molecule has 130 valence electrons. The smallest absolute Gasteiger partial charge is 0.347 e. The Kier molecular flexibility index (Phi) is 6.04. The number of furan rings is 1. The van der Waals surface area contributed by atoms with Crippen molar-refractivity contribution in [2.24, 2.45) is 0 Å². The monoisotopic (exact) mass is 331 g/mol. The summed E-state index contributed by atoms with van der Waals surface area (Å²) in [5.74, 6) is 0.569. The number of nitrogens with one attached hydrogen (secondary N) is 1. The fourth-order valence-electron chi connectivity index (χ4n) is 2.60. The van der Waals surface area contributed by atoms with Crippen LogP contribution < -0.4 is 10.1 Å². The normalized spacial score (nSPS) is 13.5. The number of rotatable bonds is 9. The van der Waals surface area contributed by atoms with Crippen LogP contribution in [0, 0.1) is 6.92 Å². The molecule has 0 fully saturated rings. The molecule has 1 unspecified atom stereocenters. The molecule has 0 amide bonds. The Hall–Kier alpha value is -2.27. The summed E-state index contributed by atoms with van der Waals surface area (Å²) in [6, 6.07) is 9.60. The predicted molar refractivity (Wildman–Crippen MR) is 92.0 cm³/mol. The summed E-state index contributed by atoms with van der Waals surface area (Å²) in [5, 5.41) is 12.7. The third-order valence-corrected chi connectivity index (χ3v) is 3.96. The van der Waals surface area contributed by atoms with Crippen molar-refractivity contribution in [1.29, 1.82) is 0 Å². The molecule has 0 aliphatic carbocycles. The van der Waals surface area contributed by atoms with E-state index in [0.717, 1.165) is 23.3 Å². The van der Waals surface area contributed by atoms with Crippen molar-refractivity contribution in [3.63, 3.8) is 0 Å². The van der Waals surface area contributed by atoms with E-state index < -0.39 is 11.6 Å². The van der Waals surface area contributed by atoms with Crippen LogP contribution in [0.3, 0.4) is 0 Å². The van der Waals surface area contributed by atoms with Gasteiger partial charge in [0.05, 0.1) is 12.8 Å². The molecule has 2 aromatic rings. The van der Waals surface area contributed by atoms with Gasteiger partial charge < -0.3 is 19.6 Å². The fourth-order valence-corrected chi connectivity index (χ4v) is 2.60. The summed E-state index contributed by atoms with van der Waals surface area (Å²) in [6.45, 7) is 6.87. The molecule has 0 radical (unpaired) electrons. The minimum Gasteiger partial charge on any atom is -0.478 e. The maximum absolute atomic E-state index is 11.5. The summed E-state index contributed by atoms with van der Waals surface area (Å²) in [4.78, 5) is 11.5. The molecule has 0 bridgehead atoms. The lowest BCUT2D eigenvalue weighted by atomic mass is 10.00. The van der Waals surface area contributed by atoms with Crippen molar-refractivity contribution in [3.05, 3.63) is 53.5 Å². The van der Waals surface area contributed by atoms with Gasteiger partial charge in [-0.3, -0.25) is 0 Å². The number of aryl methyl sites for hydroxylation is 1. The van der Waals surface area contributed by atoms with E-state index in [4.69, 9.17) is 9.15 Å². The standard InChI is InChI=1S/C19H25NO4/c1-4-9-19(3,18(21)22)24-17-8-7-15(11-14(17)2)12-20-13-16-6-5-10-23-16/h5-8,10-11,20H,4,9,12-13H2,1-3H3,(H,21,22). The zero-order valence-corrected chi connectivity index (χ0v) is 14.5. The molecule has 1 heterocycles. The van der Waals surface area contributed by atoms with Gasteiger partial charge in [0.1, 0.15) is 11.5 Å². The van der Waals surface area contributed by atoms with Crippen molar-refractivity contribution in [2.75, 3.05) is 0 Å². The van der Waals surface area contributed by atoms with E-state index in [1.807, 2.05) is 44.2 Å². The molecule has 0 aliphatic rings. The van der Waals surface area contributed by atoms with E-state index >= 15 is 0 Å². The van der Waals surface area contributed by atoms with E-state index in [0.29, 0.717) is 25.3 Å². The van der Waals surface area contributed by atoms with Crippen LogP contribution in [-0.4, -0.2) is 16.7 Å². The SMILES string of the molecule is CCCC(C)(Oc1ccc(CNCc2ccco2)cc1C)C(=O)O. The van der Waals surface area contributed by atoms with Crippen molar-refractivity contribution in [2.45, 2.75) is 52.3 Å². The fraction of sp³-hybridized carbons (Fsp3) is 0.421. The number of hydrogen-bond acceptors (Lipinski definition) is 4. The van der Waals surface area contributed by atoms with Crippen LogP contribution in [0.15, 0.2) is 41.0 Å². The second-order valence-electron chi connectivity index (χ2n) is 6.17. The molecule has 0 aliphatic heterocycles. The molecule has 2 N–H and O–H groups in total. The quantitative estimate of drug-likeness (QED) is 0.729. The van der Waals surface area contributed by atoms with Crippen molar-refractivity contribution in [1.82, 2.24) is 5.32 Å². The lowest BCUT2D eigenvalue weighted by molar-refractivity contribution is -0.154.